The molecule has 0 radical (unpaired) electrons. The summed E-state index contributed by atoms with van der Waals surface area (Å²) in [7, 11) is 2.62. The van der Waals surface area contributed by atoms with E-state index < -0.39 is 31.7 Å². The van der Waals surface area contributed by atoms with Gasteiger partial charge in [0.05, 0.1) is 7.11 Å². The molecule has 1 atom stereocenters. The van der Waals surface area contributed by atoms with Crippen LogP contribution in [0.4, 0.5) is 0 Å². The smallest absolute Gasteiger partial charge is 0.331 e. The number of hydrogen-bond acceptors (Lipinski definition) is 5. The van der Waals surface area contributed by atoms with Crippen LogP contribution in [-0.4, -0.2) is 49.6 Å². The van der Waals surface area contributed by atoms with Gasteiger partial charge >= 0.3 is 5.97 Å². The molecule has 1 heterocycles. The predicted octanol–water partition coefficient (Wildman–Crippen LogP) is 0.108. The highest BCUT2D eigenvalue weighted by atomic mass is 35.7. The highest BCUT2D eigenvalue weighted by Gasteiger charge is 2.47. The van der Waals surface area contributed by atoms with Crippen LogP contribution < -0.4 is 0 Å². The maximum absolute atomic E-state index is 11.7. The van der Waals surface area contributed by atoms with E-state index in [1.54, 1.807) is 0 Å². The Kier molecular flexibility index (Phi) is 3.73. The Morgan fingerprint density at radius 1 is 1.53 bits per heavy atom. The molecule has 8 heteroatoms. The SMILES string of the molecule is COC(=O)C(C)(C)N1CC(S(=O)(=O)Cl)CC1=O. The third-order valence-electron chi connectivity index (χ3n) is 2.85. The van der Waals surface area contributed by atoms with Gasteiger partial charge in [-0.2, -0.15) is 0 Å². The molecule has 0 saturated carbocycles. The number of nitrogens with zero attached hydrogens (tertiary/aromatic N) is 1. The van der Waals surface area contributed by atoms with Crippen molar-refractivity contribution in [2.75, 3.05) is 13.7 Å². The first-order valence-electron chi connectivity index (χ1n) is 4.93. The fourth-order valence-corrected chi connectivity index (χ4v) is 2.79. The predicted molar refractivity (Wildman–Crippen MR) is 61.0 cm³/mol. The Bertz CT molecular complexity index is 444. The van der Waals surface area contributed by atoms with Gasteiger partial charge in [-0.15, -0.1) is 0 Å². The molecule has 0 N–H and O–H groups in total. The number of likely N-dealkylation sites (tertiary alicyclic amines) is 1. The summed E-state index contributed by atoms with van der Waals surface area (Å²) in [4.78, 5) is 24.4. The Balaban J connectivity index is 2.96. The molecule has 1 amide bonds. The van der Waals surface area contributed by atoms with Gasteiger partial charge in [0.25, 0.3) is 0 Å². The van der Waals surface area contributed by atoms with Gasteiger partial charge < -0.3 is 9.64 Å². The van der Waals surface area contributed by atoms with Crippen LogP contribution in [0.15, 0.2) is 0 Å². The zero-order chi connectivity index (χ0) is 13.4. The van der Waals surface area contributed by atoms with E-state index in [2.05, 4.69) is 4.74 Å². The van der Waals surface area contributed by atoms with Crippen LogP contribution in [-0.2, 0) is 23.4 Å². The molecule has 1 aliphatic rings. The van der Waals surface area contributed by atoms with E-state index in [4.69, 9.17) is 10.7 Å². The van der Waals surface area contributed by atoms with Crippen LogP contribution in [0.1, 0.15) is 20.3 Å². The van der Waals surface area contributed by atoms with Crippen molar-refractivity contribution in [3.63, 3.8) is 0 Å². The Labute approximate surface area is 104 Å². The van der Waals surface area contributed by atoms with Crippen LogP contribution >= 0.6 is 10.7 Å². The molecular weight excluding hydrogens is 270 g/mol. The van der Waals surface area contributed by atoms with Crippen LogP contribution in [0.25, 0.3) is 0 Å². The monoisotopic (exact) mass is 283 g/mol. The molecule has 0 aromatic carbocycles. The van der Waals surface area contributed by atoms with Crippen molar-refractivity contribution in [3.8, 4) is 0 Å². The second-order valence-electron chi connectivity index (χ2n) is 4.36. The molecule has 1 aliphatic heterocycles. The number of carbonyl (C=O) groups is 2. The summed E-state index contributed by atoms with van der Waals surface area (Å²) in [5, 5.41) is -0.972. The lowest BCUT2D eigenvalue weighted by Gasteiger charge is -2.32. The Morgan fingerprint density at radius 2 is 2.06 bits per heavy atom. The maximum Gasteiger partial charge on any atom is 0.331 e. The summed E-state index contributed by atoms with van der Waals surface area (Å²) in [5.41, 5.74) is -1.19. The van der Waals surface area contributed by atoms with Gasteiger partial charge in [0.2, 0.25) is 15.0 Å². The molecule has 0 aromatic heterocycles. The first-order chi connectivity index (χ1) is 7.60. The number of halogens is 1. The third kappa shape index (κ3) is 2.71. The number of rotatable bonds is 3. The standard InChI is InChI=1S/C9H14ClNO5S/c1-9(2,8(13)16-3)11-5-6(4-7(11)12)17(10,14)15/h6H,4-5H2,1-3H3. The van der Waals surface area contributed by atoms with Gasteiger partial charge in [0, 0.05) is 23.6 Å². The molecule has 0 aromatic rings. The number of carbonyl (C=O) groups excluding carboxylic acids is 2. The van der Waals surface area contributed by atoms with E-state index in [0.29, 0.717) is 0 Å². The average Bonchev–Trinajstić information content (AvgIpc) is 2.59. The minimum absolute atomic E-state index is 0.0905. The van der Waals surface area contributed by atoms with Gasteiger partial charge in [0.15, 0.2) is 0 Å². The summed E-state index contributed by atoms with van der Waals surface area (Å²) in [6, 6.07) is 0. The average molecular weight is 284 g/mol. The Morgan fingerprint density at radius 3 is 2.41 bits per heavy atom. The molecule has 1 rings (SSSR count). The van der Waals surface area contributed by atoms with E-state index in [1.807, 2.05) is 0 Å². The van der Waals surface area contributed by atoms with Gasteiger partial charge in [-0.1, -0.05) is 0 Å². The normalized spacial score (nSPS) is 21.8. The minimum Gasteiger partial charge on any atom is -0.467 e. The molecule has 98 valence electrons. The lowest BCUT2D eigenvalue weighted by atomic mass is 10.0. The Hall–Kier alpha value is -0.820. The highest BCUT2D eigenvalue weighted by molar-refractivity contribution is 8.14. The molecule has 6 nitrogen and oxygen atoms in total. The summed E-state index contributed by atoms with van der Waals surface area (Å²) in [6.45, 7) is 2.91. The third-order valence-corrected chi connectivity index (χ3v) is 4.72. The van der Waals surface area contributed by atoms with E-state index in [9.17, 15) is 18.0 Å². The first-order valence-corrected chi connectivity index (χ1v) is 7.30. The zero-order valence-corrected chi connectivity index (χ0v) is 11.3. The molecule has 0 aliphatic carbocycles. The van der Waals surface area contributed by atoms with Gasteiger partial charge in [-0.25, -0.2) is 13.2 Å². The number of amides is 1. The maximum atomic E-state index is 11.7. The van der Waals surface area contributed by atoms with E-state index >= 15 is 0 Å². The highest BCUT2D eigenvalue weighted by Crippen LogP contribution is 2.28. The quantitative estimate of drug-likeness (QED) is 0.542. The second kappa shape index (κ2) is 4.45. The lowest BCUT2D eigenvalue weighted by molar-refractivity contribution is -0.157. The summed E-state index contributed by atoms with van der Waals surface area (Å²) in [5.74, 6) is -1.02. The van der Waals surface area contributed by atoms with Crippen LogP contribution in [0.3, 0.4) is 0 Å². The summed E-state index contributed by atoms with van der Waals surface area (Å²) < 4.78 is 26.9. The number of ether oxygens (including phenoxy) is 1. The summed E-state index contributed by atoms with van der Waals surface area (Å²) in [6.07, 6.45) is -0.202. The van der Waals surface area contributed by atoms with Crippen molar-refractivity contribution in [2.24, 2.45) is 0 Å². The van der Waals surface area contributed by atoms with Crippen molar-refractivity contribution >= 4 is 31.6 Å². The van der Waals surface area contributed by atoms with E-state index in [0.717, 1.165) is 0 Å². The van der Waals surface area contributed by atoms with Crippen LogP contribution in [0, 0.1) is 0 Å². The van der Waals surface area contributed by atoms with E-state index in [-0.39, 0.29) is 13.0 Å². The van der Waals surface area contributed by atoms with Crippen molar-refractivity contribution < 1.29 is 22.7 Å². The molecule has 17 heavy (non-hydrogen) atoms. The van der Waals surface area contributed by atoms with Gasteiger partial charge in [0.1, 0.15) is 10.8 Å². The topological polar surface area (TPSA) is 80.8 Å². The van der Waals surface area contributed by atoms with E-state index in [1.165, 1.54) is 25.9 Å². The van der Waals surface area contributed by atoms with Crippen LogP contribution in [0.5, 0.6) is 0 Å². The molecule has 1 fully saturated rings. The summed E-state index contributed by atoms with van der Waals surface area (Å²) >= 11 is 0. The van der Waals surface area contributed by atoms with Crippen molar-refractivity contribution in [3.05, 3.63) is 0 Å². The molecule has 0 spiro atoms. The molecule has 1 unspecified atom stereocenters. The first kappa shape index (κ1) is 14.2. The minimum atomic E-state index is -3.80. The molecular formula is C9H14ClNO5S. The molecule has 1 saturated heterocycles. The number of esters is 1. The fraction of sp³-hybridized carbons (Fsp3) is 0.778. The van der Waals surface area contributed by atoms with Gasteiger partial charge in [-0.3, -0.25) is 4.79 Å². The van der Waals surface area contributed by atoms with Gasteiger partial charge in [-0.05, 0) is 13.8 Å². The number of hydrogen-bond donors (Lipinski definition) is 0. The fourth-order valence-electron chi connectivity index (χ4n) is 1.76. The molecule has 0 bridgehead atoms. The van der Waals surface area contributed by atoms with Crippen LogP contribution in [0.2, 0.25) is 0 Å². The van der Waals surface area contributed by atoms with Crippen molar-refractivity contribution in [2.45, 2.75) is 31.1 Å². The zero-order valence-electron chi connectivity index (χ0n) is 9.77. The van der Waals surface area contributed by atoms with Crippen molar-refractivity contribution in [1.29, 1.82) is 0 Å². The largest absolute Gasteiger partial charge is 0.467 e. The van der Waals surface area contributed by atoms with Crippen molar-refractivity contribution in [1.82, 2.24) is 4.90 Å². The second-order valence-corrected chi connectivity index (χ2v) is 7.26. The lowest BCUT2D eigenvalue weighted by Crippen LogP contribution is -2.51. The number of methoxy groups -OCH3 is 1.